The van der Waals surface area contributed by atoms with Gasteiger partial charge in [0.25, 0.3) is 0 Å². The van der Waals surface area contributed by atoms with Crippen LogP contribution in [0.1, 0.15) is 18.1 Å². The quantitative estimate of drug-likeness (QED) is 0.813. The molecule has 0 aliphatic heterocycles. The summed E-state index contributed by atoms with van der Waals surface area (Å²) in [6.07, 6.45) is 0. The van der Waals surface area contributed by atoms with Crippen LogP contribution in [0.2, 0.25) is 0 Å². The smallest absolute Gasteiger partial charge is 0.307 e. The van der Waals surface area contributed by atoms with Crippen LogP contribution in [0.4, 0.5) is 14.9 Å². The van der Waals surface area contributed by atoms with Gasteiger partial charge >= 0.3 is 6.03 Å². The zero-order chi connectivity index (χ0) is 17.7. The van der Waals surface area contributed by atoms with Gasteiger partial charge in [-0.25, -0.2) is 9.18 Å². The van der Waals surface area contributed by atoms with Crippen molar-refractivity contribution in [1.29, 1.82) is 0 Å². The number of benzene rings is 2. The molecule has 6 heteroatoms. The maximum Gasteiger partial charge on any atom is 0.325 e. The Bertz CT molecular complexity index is 764. The van der Waals surface area contributed by atoms with Crippen molar-refractivity contribution >= 4 is 29.4 Å². The summed E-state index contributed by atoms with van der Waals surface area (Å²) in [6, 6.07) is 11.2. The third-order valence-electron chi connectivity index (χ3n) is 3.38. The Morgan fingerprint density at radius 3 is 2.50 bits per heavy atom. The van der Waals surface area contributed by atoms with Gasteiger partial charge in [0.2, 0.25) is 5.91 Å². The molecular weight excluding hydrogens is 327 g/mol. The molecule has 0 saturated heterocycles. The molecule has 3 amide bonds. The molecule has 0 heterocycles. The molecule has 0 bridgehead atoms. The molecule has 126 valence electrons. The fraction of sp³-hybridized carbons (Fsp3) is 0.222. The molecule has 4 nitrogen and oxygen atoms in total. The Labute approximate surface area is 144 Å². The second-order valence-corrected chi connectivity index (χ2v) is 6.83. The fourth-order valence-corrected chi connectivity index (χ4v) is 2.99. The number of aryl methyl sites for hydroxylation is 2. The number of nitrogens with one attached hydrogen (secondary N) is 2. The van der Waals surface area contributed by atoms with Crippen molar-refractivity contribution in [2.45, 2.75) is 30.9 Å². The average molecular weight is 346 g/mol. The van der Waals surface area contributed by atoms with Crippen molar-refractivity contribution in [3.63, 3.8) is 0 Å². The third-order valence-corrected chi connectivity index (χ3v) is 4.53. The molecule has 2 aromatic carbocycles. The lowest BCUT2D eigenvalue weighted by Gasteiger charge is -2.13. The van der Waals surface area contributed by atoms with Crippen LogP contribution in [0.3, 0.4) is 0 Å². The summed E-state index contributed by atoms with van der Waals surface area (Å²) in [6.45, 7) is 5.46. The number of anilines is 1. The molecule has 2 rings (SSSR count). The highest BCUT2D eigenvalue weighted by molar-refractivity contribution is 8.00. The van der Waals surface area contributed by atoms with Crippen LogP contribution in [0.5, 0.6) is 0 Å². The van der Waals surface area contributed by atoms with Crippen molar-refractivity contribution in [2.75, 3.05) is 5.32 Å². The van der Waals surface area contributed by atoms with Gasteiger partial charge in [0, 0.05) is 10.6 Å². The Hall–Kier alpha value is -2.34. The van der Waals surface area contributed by atoms with Gasteiger partial charge in [-0.05, 0) is 44.5 Å². The maximum atomic E-state index is 13.6. The topological polar surface area (TPSA) is 58.2 Å². The predicted molar refractivity (Wildman–Crippen MR) is 94.8 cm³/mol. The third kappa shape index (κ3) is 4.83. The number of amides is 3. The minimum atomic E-state index is -0.605. The summed E-state index contributed by atoms with van der Waals surface area (Å²) in [5.41, 5.74) is 2.64. The van der Waals surface area contributed by atoms with E-state index in [2.05, 4.69) is 10.6 Å². The highest BCUT2D eigenvalue weighted by Gasteiger charge is 2.18. The van der Waals surface area contributed by atoms with Gasteiger partial charge in [0.1, 0.15) is 5.82 Å². The minimum absolute atomic E-state index is 0.370. The standard InChI is InChI=1S/C18H19FN2O2S/c1-11-8-9-15(12(2)10-11)20-18(23)21-17(22)13(3)24-16-7-5-4-6-14(16)19/h4-10,13H,1-3H3,(H2,20,21,22,23). The summed E-state index contributed by atoms with van der Waals surface area (Å²) >= 11 is 1.06. The molecule has 1 atom stereocenters. The van der Waals surface area contributed by atoms with Crippen LogP contribution < -0.4 is 10.6 Å². The minimum Gasteiger partial charge on any atom is -0.307 e. The first kappa shape index (κ1) is 18.0. The highest BCUT2D eigenvalue weighted by atomic mass is 32.2. The van der Waals surface area contributed by atoms with Gasteiger partial charge in [-0.3, -0.25) is 10.1 Å². The van der Waals surface area contributed by atoms with Crippen LogP contribution in [-0.4, -0.2) is 17.2 Å². The van der Waals surface area contributed by atoms with E-state index in [1.54, 1.807) is 31.2 Å². The highest BCUT2D eigenvalue weighted by Crippen LogP contribution is 2.25. The van der Waals surface area contributed by atoms with Gasteiger partial charge in [-0.2, -0.15) is 0 Å². The number of halogens is 1. The Balaban J connectivity index is 1.93. The van der Waals surface area contributed by atoms with E-state index in [9.17, 15) is 14.0 Å². The Kier molecular flexibility index (Phi) is 5.98. The van der Waals surface area contributed by atoms with Crippen LogP contribution in [0, 0.1) is 19.7 Å². The van der Waals surface area contributed by atoms with E-state index in [0.29, 0.717) is 10.6 Å². The number of hydrogen-bond acceptors (Lipinski definition) is 3. The number of hydrogen-bond donors (Lipinski definition) is 2. The molecule has 0 saturated carbocycles. The van der Waals surface area contributed by atoms with Crippen LogP contribution in [-0.2, 0) is 4.79 Å². The maximum absolute atomic E-state index is 13.6. The summed E-state index contributed by atoms with van der Waals surface area (Å²) in [5.74, 6) is -0.868. The second-order valence-electron chi connectivity index (χ2n) is 5.45. The fourth-order valence-electron chi connectivity index (χ4n) is 2.11. The summed E-state index contributed by atoms with van der Waals surface area (Å²) in [7, 11) is 0. The zero-order valence-electron chi connectivity index (χ0n) is 13.7. The van der Waals surface area contributed by atoms with Crippen molar-refractivity contribution in [3.05, 3.63) is 59.4 Å². The van der Waals surface area contributed by atoms with Gasteiger partial charge in [-0.15, -0.1) is 11.8 Å². The number of imide groups is 1. The van der Waals surface area contributed by atoms with E-state index in [-0.39, 0.29) is 5.82 Å². The molecule has 0 fully saturated rings. The van der Waals surface area contributed by atoms with Crippen molar-refractivity contribution < 1.29 is 14.0 Å². The van der Waals surface area contributed by atoms with Crippen LogP contribution in [0.15, 0.2) is 47.4 Å². The molecule has 0 aromatic heterocycles. The molecule has 0 aliphatic carbocycles. The number of urea groups is 1. The van der Waals surface area contributed by atoms with E-state index >= 15 is 0 Å². The normalized spacial score (nSPS) is 11.7. The Morgan fingerprint density at radius 2 is 1.83 bits per heavy atom. The lowest BCUT2D eigenvalue weighted by atomic mass is 10.1. The lowest BCUT2D eigenvalue weighted by molar-refractivity contribution is -0.119. The first-order chi connectivity index (χ1) is 11.4. The first-order valence-electron chi connectivity index (χ1n) is 7.47. The number of rotatable bonds is 4. The van der Waals surface area contributed by atoms with Crippen LogP contribution >= 0.6 is 11.8 Å². The number of carbonyl (C=O) groups excluding carboxylic acids is 2. The summed E-state index contributed by atoms with van der Waals surface area (Å²) in [5, 5.41) is 4.32. The van der Waals surface area contributed by atoms with E-state index in [0.717, 1.165) is 22.9 Å². The Morgan fingerprint density at radius 1 is 1.12 bits per heavy atom. The van der Waals surface area contributed by atoms with Gasteiger partial charge in [-0.1, -0.05) is 29.8 Å². The van der Waals surface area contributed by atoms with E-state index in [4.69, 9.17) is 0 Å². The van der Waals surface area contributed by atoms with E-state index < -0.39 is 17.2 Å². The number of thioether (sulfide) groups is 1. The van der Waals surface area contributed by atoms with Crippen molar-refractivity contribution in [1.82, 2.24) is 5.32 Å². The van der Waals surface area contributed by atoms with E-state index in [1.807, 2.05) is 26.0 Å². The van der Waals surface area contributed by atoms with Crippen molar-refractivity contribution in [2.24, 2.45) is 0 Å². The van der Waals surface area contributed by atoms with E-state index in [1.165, 1.54) is 6.07 Å². The molecule has 0 spiro atoms. The SMILES string of the molecule is Cc1ccc(NC(=O)NC(=O)C(C)Sc2ccccc2F)c(C)c1. The average Bonchev–Trinajstić information content (AvgIpc) is 2.52. The molecule has 24 heavy (non-hydrogen) atoms. The molecule has 2 aromatic rings. The summed E-state index contributed by atoms with van der Waals surface area (Å²) < 4.78 is 13.6. The van der Waals surface area contributed by atoms with Crippen molar-refractivity contribution in [3.8, 4) is 0 Å². The van der Waals surface area contributed by atoms with Gasteiger partial charge in [0.15, 0.2) is 0 Å². The summed E-state index contributed by atoms with van der Waals surface area (Å²) in [4.78, 5) is 24.4. The molecule has 2 N–H and O–H groups in total. The molecule has 0 radical (unpaired) electrons. The molecule has 0 aliphatic rings. The first-order valence-corrected chi connectivity index (χ1v) is 8.35. The monoisotopic (exact) mass is 346 g/mol. The van der Waals surface area contributed by atoms with Gasteiger partial charge in [0.05, 0.1) is 5.25 Å². The largest absolute Gasteiger partial charge is 0.325 e. The molecule has 1 unspecified atom stereocenters. The predicted octanol–water partition coefficient (Wildman–Crippen LogP) is 4.27. The van der Waals surface area contributed by atoms with Gasteiger partial charge < -0.3 is 5.32 Å². The zero-order valence-corrected chi connectivity index (χ0v) is 14.5. The molecular formula is C18H19FN2O2S. The second kappa shape index (κ2) is 7.97. The van der Waals surface area contributed by atoms with Crippen LogP contribution in [0.25, 0.3) is 0 Å². The number of carbonyl (C=O) groups is 2. The lowest BCUT2D eigenvalue weighted by Crippen LogP contribution is -2.39.